The van der Waals surface area contributed by atoms with Gasteiger partial charge in [-0.2, -0.15) is 0 Å². The van der Waals surface area contributed by atoms with Crippen LogP contribution in [-0.4, -0.2) is 69.8 Å². The van der Waals surface area contributed by atoms with Crippen LogP contribution < -0.4 is 16.0 Å². The van der Waals surface area contributed by atoms with Crippen molar-refractivity contribution in [3.63, 3.8) is 0 Å². The number of carbonyl (C=O) groups is 2. The first-order valence-electron chi connectivity index (χ1n) is 7.82. The maximum absolute atomic E-state index is 11.4. The van der Waals surface area contributed by atoms with Crippen LogP contribution in [0.25, 0.3) is 0 Å². The molecule has 1 heterocycles. The van der Waals surface area contributed by atoms with E-state index in [-0.39, 0.29) is 6.03 Å². The minimum absolute atomic E-state index is 0.165. The first kappa shape index (κ1) is 17.7. The third kappa shape index (κ3) is 10.1. The van der Waals surface area contributed by atoms with E-state index >= 15 is 0 Å². The zero-order chi connectivity index (χ0) is 15.2. The van der Waals surface area contributed by atoms with Crippen LogP contribution in [0.4, 0.5) is 4.79 Å². The number of amides is 3. The molecule has 21 heavy (non-hydrogen) atoms. The van der Waals surface area contributed by atoms with Gasteiger partial charge in [0, 0.05) is 26.2 Å². The molecule has 0 saturated carbocycles. The summed E-state index contributed by atoms with van der Waals surface area (Å²) < 4.78 is 5.49. The number of hydrogen-bond acceptors (Lipinski definition) is 4. The largest absolute Gasteiger partial charge is 0.378 e. The molecule has 0 spiro atoms. The Kier molecular flexibility index (Phi) is 10.5. The van der Waals surface area contributed by atoms with Gasteiger partial charge in [-0.15, -0.1) is 0 Å². The lowest BCUT2D eigenvalue weighted by molar-refractivity contribution is -0.109. The normalized spacial score (nSPS) is 14.9. The number of nitrogens with one attached hydrogen (secondary N) is 3. The van der Waals surface area contributed by atoms with Gasteiger partial charge in [0.2, 0.25) is 6.41 Å². The minimum atomic E-state index is -0.165. The van der Waals surface area contributed by atoms with Gasteiger partial charge in [-0.25, -0.2) is 4.79 Å². The number of likely N-dealkylation sites (tertiary alicyclic amines) is 1. The summed E-state index contributed by atoms with van der Waals surface area (Å²) in [5.74, 6) is 0. The van der Waals surface area contributed by atoms with Gasteiger partial charge in [-0.05, 0) is 38.8 Å². The van der Waals surface area contributed by atoms with E-state index in [4.69, 9.17) is 4.74 Å². The molecule has 7 nitrogen and oxygen atoms in total. The molecule has 0 aromatic carbocycles. The van der Waals surface area contributed by atoms with Crippen LogP contribution >= 0.6 is 0 Å². The van der Waals surface area contributed by atoms with Gasteiger partial charge in [-0.3, -0.25) is 4.79 Å². The predicted molar refractivity (Wildman–Crippen MR) is 81.2 cm³/mol. The summed E-state index contributed by atoms with van der Waals surface area (Å²) in [6, 6.07) is -0.165. The summed E-state index contributed by atoms with van der Waals surface area (Å²) in [6.45, 7) is 6.43. The molecule has 0 atom stereocenters. The molecular weight excluding hydrogens is 272 g/mol. The van der Waals surface area contributed by atoms with Gasteiger partial charge in [0.15, 0.2) is 0 Å². The molecule has 0 unspecified atom stereocenters. The lowest BCUT2D eigenvalue weighted by Crippen LogP contribution is -2.38. The number of urea groups is 1. The lowest BCUT2D eigenvalue weighted by atomic mass is 10.3. The Morgan fingerprint density at radius 1 is 1.05 bits per heavy atom. The second-order valence-electron chi connectivity index (χ2n) is 5.12. The van der Waals surface area contributed by atoms with E-state index in [2.05, 4.69) is 20.9 Å². The topological polar surface area (TPSA) is 82.7 Å². The quantitative estimate of drug-likeness (QED) is 0.348. The van der Waals surface area contributed by atoms with E-state index in [1.54, 1.807) is 0 Å². The maximum Gasteiger partial charge on any atom is 0.314 e. The van der Waals surface area contributed by atoms with Gasteiger partial charge in [-0.1, -0.05) is 0 Å². The second-order valence-corrected chi connectivity index (χ2v) is 5.12. The Labute approximate surface area is 126 Å². The fraction of sp³-hybridized carbons (Fsp3) is 0.857. The van der Waals surface area contributed by atoms with Crippen molar-refractivity contribution in [1.29, 1.82) is 0 Å². The Morgan fingerprint density at radius 2 is 1.76 bits per heavy atom. The van der Waals surface area contributed by atoms with Gasteiger partial charge >= 0.3 is 6.03 Å². The molecule has 1 fully saturated rings. The van der Waals surface area contributed by atoms with Crippen LogP contribution in [-0.2, 0) is 9.53 Å². The first-order chi connectivity index (χ1) is 10.3. The van der Waals surface area contributed by atoms with Gasteiger partial charge in [0.1, 0.15) is 0 Å². The third-order valence-electron chi connectivity index (χ3n) is 3.40. The molecule has 1 aliphatic heterocycles. The minimum Gasteiger partial charge on any atom is -0.378 e. The maximum atomic E-state index is 11.4. The summed E-state index contributed by atoms with van der Waals surface area (Å²) >= 11 is 0. The van der Waals surface area contributed by atoms with Gasteiger partial charge < -0.3 is 25.6 Å². The highest BCUT2D eigenvalue weighted by Gasteiger charge is 2.10. The number of rotatable bonds is 12. The van der Waals surface area contributed by atoms with Crippen LogP contribution in [0.2, 0.25) is 0 Å². The van der Waals surface area contributed by atoms with Crippen LogP contribution in [0.1, 0.15) is 25.7 Å². The fourth-order valence-electron chi connectivity index (χ4n) is 2.21. The lowest BCUT2D eigenvalue weighted by Gasteiger charge is -2.14. The third-order valence-corrected chi connectivity index (χ3v) is 3.40. The van der Waals surface area contributed by atoms with Crippen molar-refractivity contribution in [1.82, 2.24) is 20.9 Å². The summed E-state index contributed by atoms with van der Waals surface area (Å²) in [6.07, 6.45) is 4.99. The zero-order valence-corrected chi connectivity index (χ0v) is 12.7. The fourth-order valence-corrected chi connectivity index (χ4v) is 2.21. The van der Waals surface area contributed by atoms with Crippen molar-refractivity contribution in [3.8, 4) is 0 Å². The second kappa shape index (κ2) is 12.4. The molecule has 1 aliphatic rings. The van der Waals surface area contributed by atoms with Gasteiger partial charge in [0.25, 0.3) is 0 Å². The number of carbonyl (C=O) groups excluding carboxylic acids is 2. The molecule has 3 amide bonds. The number of hydrogen-bond donors (Lipinski definition) is 3. The molecule has 1 rings (SSSR count). The molecule has 0 aromatic rings. The number of unbranched alkanes of at least 4 members (excludes halogenated alkanes) is 1. The molecule has 0 bridgehead atoms. The van der Waals surface area contributed by atoms with Crippen molar-refractivity contribution < 1.29 is 14.3 Å². The Hall–Kier alpha value is -1.34. The van der Waals surface area contributed by atoms with Crippen molar-refractivity contribution in [2.24, 2.45) is 0 Å². The summed E-state index contributed by atoms with van der Waals surface area (Å²) in [5, 5.41) is 8.10. The van der Waals surface area contributed by atoms with E-state index in [9.17, 15) is 9.59 Å². The van der Waals surface area contributed by atoms with E-state index in [0.29, 0.717) is 32.7 Å². The Bertz CT molecular complexity index is 283. The molecule has 1 saturated heterocycles. The van der Waals surface area contributed by atoms with Crippen molar-refractivity contribution in [3.05, 3.63) is 0 Å². The van der Waals surface area contributed by atoms with E-state index in [1.807, 2.05) is 0 Å². The van der Waals surface area contributed by atoms with Crippen LogP contribution in [0.3, 0.4) is 0 Å². The molecule has 0 aromatic heterocycles. The summed E-state index contributed by atoms with van der Waals surface area (Å²) in [7, 11) is 0. The average Bonchev–Trinajstić information content (AvgIpc) is 2.99. The molecule has 0 aliphatic carbocycles. The average molecular weight is 300 g/mol. The highest BCUT2D eigenvalue weighted by Crippen LogP contribution is 2.05. The number of ether oxygens (including phenoxy) is 1. The molecule has 3 N–H and O–H groups in total. The summed E-state index contributed by atoms with van der Waals surface area (Å²) in [4.78, 5) is 23.8. The number of nitrogens with zero attached hydrogens (tertiary/aromatic N) is 1. The van der Waals surface area contributed by atoms with E-state index in [1.165, 1.54) is 25.9 Å². The van der Waals surface area contributed by atoms with Crippen LogP contribution in [0.5, 0.6) is 0 Å². The van der Waals surface area contributed by atoms with Crippen molar-refractivity contribution in [2.75, 3.05) is 52.5 Å². The highest BCUT2D eigenvalue weighted by molar-refractivity contribution is 5.73. The molecule has 0 radical (unpaired) electrons. The van der Waals surface area contributed by atoms with Crippen LogP contribution in [0, 0.1) is 0 Å². The van der Waals surface area contributed by atoms with Gasteiger partial charge in [0.05, 0.1) is 13.2 Å². The van der Waals surface area contributed by atoms with Crippen molar-refractivity contribution >= 4 is 12.4 Å². The standard InChI is InChI=1S/C14H28N4O3/c19-13-15-5-1-2-6-16-14(20)17-7-11-21-12-10-18-8-3-4-9-18/h13H,1-12H2,(H,15,19)(H2,16,17,20). The van der Waals surface area contributed by atoms with Crippen molar-refractivity contribution in [2.45, 2.75) is 25.7 Å². The first-order valence-corrected chi connectivity index (χ1v) is 7.82. The van der Waals surface area contributed by atoms with Crippen LogP contribution in [0.15, 0.2) is 0 Å². The highest BCUT2D eigenvalue weighted by atomic mass is 16.5. The SMILES string of the molecule is O=CNCCCCNC(=O)NCCOCCN1CCCC1. The molecule has 7 heteroatoms. The van der Waals surface area contributed by atoms with E-state index in [0.717, 1.165) is 26.0 Å². The molecular formula is C14H28N4O3. The Balaban J connectivity index is 1.79. The smallest absolute Gasteiger partial charge is 0.314 e. The monoisotopic (exact) mass is 300 g/mol. The van der Waals surface area contributed by atoms with E-state index < -0.39 is 0 Å². The summed E-state index contributed by atoms with van der Waals surface area (Å²) in [5.41, 5.74) is 0. The predicted octanol–water partition coefficient (Wildman–Crippen LogP) is -0.0758. The zero-order valence-electron chi connectivity index (χ0n) is 12.7. The Morgan fingerprint density at radius 3 is 2.52 bits per heavy atom. The molecule has 122 valence electrons.